The first-order chi connectivity index (χ1) is 9.63. The summed E-state index contributed by atoms with van der Waals surface area (Å²) in [6.07, 6.45) is 1.31. The molecule has 2 rings (SSSR count). The van der Waals surface area contributed by atoms with Crippen molar-refractivity contribution in [2.75, 3.05) is 20.3 Å². The van der Waals surface area contributed by atoms with E-state index in [0.29, 0.717) is 13.2 Å². The van der Waals surface area contributed by atoms with E-state index in [2.05, 4.69) is 5.32 Å². The molecule has 5 heteroatoms. The summed E-state index contributed by atoms with van der Waals surface area (Å²) in [6.45, 7) is 2.73. The third-order valence-corrected chi connectivity index (χ3v) is 3.55. The van der Waals surface area contributed by atoms with Gasteiger partial charge in [-0.3, -0.25) is 4.79 Å². The maximum atomic E-state index is 11.9. The van der Waals surface area contributed by atoms with Gasteiger partial charge in [-0.1, -0.05) is 12.1 Å². The van der Waals surface area contributed by atoms with Crippen molar-refractivity contribution >= 4 is 5.91 Å². The van der Waals surface area contributed by atoms with E-state index in [4.69, 9.17) is 15.2 Å². The van der Waals surface area contributed by atoms with Crippen LogP contribution in [0.2, 0.25) is 0 Å². The van der Waals surface area contributed by atoms with E-state index in [1.54, 1.807) is 14.0 Å². The highest BCUT2D eigenvalue weighted by Gasteiger charge is 2.24. The second-order valence-electron chi connectivity index (χ2n) is 5.01. The number of nitrogens with one attached hydrogen (secondary N) is 1. The average Bonchev–Trinajstić information content (AvgIpc) is 2.82. The number of nitrogens with two attached hydrogens (primary N) is 1. The summed E-state index contributed by atoms with van der Waals surface area (Å²) in [4.78, 5) is 11.9. The molecule has 0 aromatic heterocycles. The number of rotatable bonds is 6. The van der Waals surface area contributed by atoms with E-state index in [1.807, 2.05) is 18.2 Å². The standard InChI is InChI=1S/C15H22N2O3/c1-10(15(18)17-8-9-19-2)20-14-5-3-4-11-12(14)6-7-13(11)16/h3-5,10,13H,6-9,16H2,1-2H3,(H,17,18). The van der Waals surface area contributed by atoms with Crippen molar-refractivity contribution in [3.05, 3.63) is 29.3 Å². The average molecular weight is 278 g/mol. The zero-order valence-corrected chi connectivity index (χ0v) is 12.0. The van der Waals surface area contributed by atoms with E-state index in [1.165, 1.54) is 0 Å². The van der Waals surface area contributed by atoms with E-state index in [9.17, 15) is 4.79 Å². The lowest BCUT2D eigenvalue weighted by Gasteiger charge is -2.17. The molecule has 0 fully saturated rings. The highest BCUT2D eigenvalue weighted by molar-refractivity contribution is 5.80. The summed E-state index contributed by atoms with van der Waals surface area (Å²) >= 11 is 0. The number of carbonyl (C=O) groups excluding carboxylic acids is 1. The number of amides is 1. The molecule has 1 aliphatic rings. The fourth-order valence-corrected chi connectivity index (χ4v) is 2.43. The molecule has 2 atom stereocenters. The van der Waals surface area contributed by atoms with Crippen LogP contribution in [0.15, 0.2) is 18.2 Å². The number of carbonyl (C=O) groups is 1. The van der Waals surface area contributed by atoms with Gasteiger partial charge >= 0.3 is 0 Å². The van der Waals surface area contributed by atoms with E-state index in [-0.39, 0.29) is 11.9 Å². The summed E-state index contributed by atoms with van der Waals surface area (Å²) < 4.78 is 10.7. The van der Waals surface area contributed by atoms with Crippen LogP contribution in [0.25, 0.3) is 0 Å². The largest absolute Gasteiger partial charge is 0.481 e. The van der Waals surface area contributed by atoms with E-state index < -0.39 is 6.10 Å². The first-order valence-corrected chi connectivity index (χ1v) is 6.94. The van der Waals surface area contributed by atoms with Crippen molar-refractivity contribution in [3.63, 3.8) is 0 Å². The Kier molecular flexibility index (Phi) is 4.98. The number of methoxy groups -OCH3 is 1. The van der Waals surface area contributed by atoms with Crippen LogP contribution in [-0.2, 0) is 16.0 Å². The van der Waals surface area contributed by atoms with Crippen LogP contribution >= 0.6 is 0 Å². The van der Waals surface area contributed by atoms with E-state index >= 15 is 0 Å². The van der Waals surface area contributed by atoms with Gasteiger partial charge in [0.15, 0.2) is 6.10 Å². The summed E-state index contributed by atoms with van der Waals surface area (Å²) in [5.74, 6) is 0.631. The van der Waals surface area contributed by atoms with Gasteiger partial charge in [0.05, 0.1) is 6.61 Å². The van der Waals surface area contributed by atoms with Crippen molar-refractivity contribution in [1.29, 1.82) is 0 Å². The van der Waals surface area contributed by atoms with Gasteiger partial charge in [0.2, 0.25) is 0 Å². The van der Waals surface area contributed by atoms with Crippen LogP contribution in [0.3, 0.4) is 0 Å². The Bertz CT molecular complexity index is 476. The molecule has 0 saturated carbocycles. The minimum Gasteiger partial charge on any atom is -0.481 e. The van der Waals surface area contributed by atoms with Crippen LogP contribution in [0.4, 0.5) is 0 Å². The lowest BCUT2D eigenvalue weighted by molar-refractivity contribution is -0.127. The zero-order chi connectivity index (χ0) is 14.5. The van der Waals surface area contributed by atoms with Gasteiger partial charge in [-0.25, -0.2) is 0 Å². The topological polar surface area (TPSA) is 73.6 Å². The second kappa shape index (κ2) is 6.72. The minimum absolute atomic E-state index is 0.0828. The molecule has 1 amide bonds. The van der Waals surface area contributed by atoms with Crippen molar-refractivity contribution in [2.45, 2.75) is 31.9 Å². The first kappa shape index (κ1) is 14.8. The number of hydrogen-bond donors (Lipinski definition) is 2. The molecule has 0 saturated heterocycles. The Morgan fingerprint density at radius 2 is 2.35 bits per heavy atom. The molecule has 110 valence electrons. The molecule has 0 radical (unpaired) electrons. The van der Waals surface area contributed by atoms with Gasteiger partial charge in [-0.15, -0.1) is 0 Å². The molecule has 1 aliphatic carbocycles. The zero-order valence-electron chi connectivity index (χ0n) is 12.0. The molecular formula is C15H22N2O3. The fourth-order valence-electron chi connectivity index (χ4n) is 2.43. The van der Waals surface area contributed by atoms with E-state index in [0.717, 1.165) is 29.7 Å². The van der Waals surface area contributed by atoms with Crippen molar-refractivity contribution in [1.82, 2.24) is 5.32 Å². The van der Waals surface area contributed by atoms with Gasteiger partial charge in [-0.05, 0) is 37.0 Å². The van der Waals surface area contributed by atoms with Gasteiger partial charge in [0.25, 0.3) is 5.91 Å². The van der Waals surface area contributed by atoms with Crippen LogP contribution in [0, 0.1) is 0 Å². The molecule has 1 aromatic rings. The molecule has 1 aromatic carbocycles. The Hall–Kier alpha value is -1.59. The summed E-state index contributed by atoms with van der Waals surface area (Å²) in [5, 5.41) is 2.77. The third-order valence-electron chi connectivity index (χ3n) is 3.55. The maximum Gasteiger partial charge on any atom is 0.260 e. The fraction of sp³-hybridized carbons (Fsp3) is 0.533. The van der Waals surface area contributed by atoms with Crippen molar-refractivity contribution < 1.29 is 14.3 Å². The Morgan fingerprint density at radius 3 is 3.10 bits per heavy atom. The lowest BCUT2D eigenvalue weighted by atomic mass is 10.1. The molecule has 3 N–H and O–H groups in total. The molecule has 2 unspecified atom stereocenters. The lowest BCUT2D eigenvalue weighted by Crippen LogP contribution is -2.38. The molecule has 20 heavy (non-hydrogen) atoms. The quantitative estimate of drug-likeness (QED) is 0.766. The third kappa shape index (κ3) is 3.29. The second-order valence-corrected chi connectivity index (χ2v) is 5.01. The van der Waals surface area contributed by atoms with Crippen LogP contribution in [0.5, 0.6) is 5.75 Å². The monoisotopic (exact) mass is 278 g/mol. The molecule has 0 spiro atoms. The van der Waals surface area contributed by atoms with Gasteiger partial charge in [0, 0.05) is 19.7 Å². The molecular weight excluding hydrogens is 256 g/mol. The highest BCUT2D eigenvalue weighted by Crippen LogP contribution is 2.35. The van der Waals surface area contributed by atoms with Crippen molar-refractivity contribution in [3.8, 4) is 5.75 Å². The maximum absolute atomic E-state index is 11.9. The summed E-state index contributed by atoms with van der Waals surface area (Å²) in [6, 6.07) is 5.94. The highest BCUT2D eigenvalue weighted by atomic mass is 16.5. The Balaban J connectivity index is 1.98. The number of ether oxygens (including phenoxy) is 2. The summed E-state index contributed by atoms with van der Waals surface area (Å²) in [7, 11) is 1.60. The molecule has 0 heterocycles. The van der Waals surface area contributed by atoms with Gasteiger partial charge in [-0.2, -0.15) is 0 Å². The van der Waals surface area contributed by atoms with Crippen LogP contribution in [-0.4, -0.2) is 32.3 Å². The van der Waals surface area contributed by atoms with Gasteiger partial charge < -0.3 is 20.5 Å². The Morgan fingerprint density at radius 1 is 1.55 bits per heavy atom. The smallest absolute Gasteiger partial charge is 0.260 e. The van der Waals surface area contributed by atoms with Crippen LogP contribution in [0.1, 0.15) is 30.5 Å². The Labute approximate surface area is 119 Å². The predicted molar refractivity (Wildman–Crippen MR) is 76.7 cm³/mol. The first-order valence-electron chi connectivity index (χ1n) is 6.94. The number of benzene rings is 1. The normalized spacial score (nSPS) is 18.4. The predicted octanol–water partition coefficient (Wildman–Crippen LogP) is 1.16. The summed E-state index contributed by atoms with van der Waals surface area (Å²) in [5.41, 5.74) is 8.31. The SMILES string of the molecule is COCCNC(=O)C(C)Oc1cccc2c1CCC2N. The number of fused-ring (bicyclic) bond motifs is 1. The molecule has 5 nitrogen and oxygen atoms in total. The minimum atomic E-state index is -0.532. The van der Waals surface area contributed by atoms with Crippen molar-refractivity contribution in [2.24, 2.45) is 5.73 Å². The van der Waals surface area contributed by atoms with Gasteiger partial charge in [0.1, 0.15) is 5.75 Å². The molecule has 0 bridgehead atoms. The number of hydrogen-bond acceptors (Lipinski definition) is 4. The van der Waals surface area contributed by atoms with Crippen LogP contribution < -0.4 is 15.8 Å². The molecule has 0 aliphatic heterocycles.